The lowest BCUT2D eigenvalue weighted by Gasteiger charge is -2.30. The zero-order valence-corrected chi connectivity index (χ0v) is 19.5. The van der Waals surface area contributed by atoms with Gasteiger partial charge in [0.05, 0.1) is 18.4 Å². The number of hydrogen-bond donors (Lipinski definition) is 4. The fraction of sp³-hybridized carbons (Fsp3) is 0.727. The molecular weight excluding hydrogens is 448 g/mol. The summed E-state index contributed by atoms with van der Waals surface area (Å²) in [4.78, 5) is 38.2. The van der Waals surface area contributed by atoms with Crippen LogP contribution in [-0.2, 0) is 4.74 Å². The molecule has 1 atom stereocenters. The minimum absolute atomic E-state index is 0.0424. The van der Waals surface area contributed by atoms with Crippen LogP contribution in [0.2, 0.25) is 5.02 Å². The molecular formula is C22H33ClN6O4. The van der Waals surface area contributed by atoms with Crippen molar-refractivity contribution in [2.45, 2.75) is 88.4 Å². The Morgan fingerprint density at radius 2 is 1.61 bits per heavy atom. The summed E-state index contributed by atoms with van der Waals surface area (Å²) in [6, 6.07) is 0.409. The van der Waals surface area contributed by atoms with Crippen molar-refractivity contribution >= 4 is 29.4 Å². The number of anilines is 1. The third kappa shape index (κ3) is 6.52. The fourth-order valence-electron chi connectivity index (χ4n) is 5.03. The van der Waals surface area contributed by atoms with Gasteiger partial charge in [0.15, 0.2) is 0 Å². The van der Waals surface area contributed by atoms with Crippen LogP contribution in [0.1, 0.15) is 64.2 Å². The van der Waals surface area contributed by atoms with Gasteiger partial charge < -0.3 is 25.6 Å². The average molecular weight is 481 g/mol. The Labute approximate surface area is 198 Å². The molecule has 2 saturated carbocycles. The van der Waals surface area contributed by atoms with Gasteiger partial charge in [-0.2, -0.15) is 5.10 Å². The first-order valence-electron chi connectivity index (χ1n) is 12.0. The van der Waals surface area contributed by atoms with Gasteiger partial charge in [-0.1, -0.05) is 30.9 Å². The summed E-state index contributed by atoms with van der Waals surface area (Å²) in [6.07, 6.45) is 10.5. The molecule has 4 rings (SSSR count). The summed E-state index contributed by atoms with van der Waals surface area (Å²) in [5.74, 6) is 0. The molecule has 3 fully saturated rings. The number of urea groups is 1. The Kier molecular flexibility index (Phi) is 7.95. The van der Waals surface area contributed by atoms with E-state index in [-0.39, 0.29) is 29.2 Å². The van der Waals surface area contributed by atoms with E-state index < -0.39 is 11.7 Å². The fourth-order valence-corrected chi connectivity index (χ4v) is 5.24. The second-order valence-electron chi connectivity index (χ2n) is 9.31. The molecule has 0 aromatic carbocycles. The first-order valence-corrected chi connectivity index (χ1v) is 12.4. The standard InChI is InChI=1S/C22H33ClN6O4/c23-19-18(12-24-28-20(19)30)29-11-10-17(13-29)33-22(32)27-16-8-6-15(7-9-16)26-21(31)25-14-4-2-1-3-5-14/h12,14-17H,1-11,13H2,(H,27,32)(H,28,30)(H2,25,26,31)/t15?,16?,17-/m1/s1. The molecule has 2 heterocycles. The molecule has 4 N–H and O–H groups in total. The topological polar surface area (TPSA) is 128 Å². The molecule has 1 aliphatic heterocycles. The van der Waals surface area contributed by atoms with Crippen molar-refractivity contribution in [3.8, 4) is 0 Å². The highest BCUT2D eigenvalue weighted by molar-refractivity contribution is 6.33. The van der Waals surface area contributed by atoms with Gasteiger partial charge in [0.1, 0.15) is 11.1 Å². The van der Waals surface area contributed by atoms with Crippen LogP contribution in [0, 0.1) is 0 Å². The van der Waals surface area contributed by atoms with Crippen LogP contribution in [0.4, 0.5) is 15.3 Å². The molecule has 0 spiro atoms. The summed E-state index contributed by atoms with van der Waals surface area (Å²) in [5, 5.41) is 15.3. The van der Waals surface area contributed by atoms with Crippen LogP contribution < -0.4 is 26.4 Å². The lowest BCUT2D eigenvalue weighted by Crippen LogP contribution is -2.49. The highest BCUT2D eigenvalue weighted by atomic mass is 35.5. The molecule has 0 radical (unpaired) electrons. The third-order valence-electron chi connectivity index (χ3n) is 6.86. The highest BCUT2D eigenvalue weighted by Gasteiger charge is 2.30. The van der Waals surface area contributed by atoms with Gasteiger partial charge in [-0.15, -0.1) is 0 Å². The molecule has 2 aliphatic carbocycles. The highest BCUT2D eigenvalue weighted by Crippen LogP contribution is 2.26. The summed E-state index contributed by atoms with van der Waals surface area (Å²) in [5.41, 5.74) is 0.109. The smallest absolute Gasteiger partial charge is 0.407 e. The zero-order chi connectivity index (χ0) is 23.2. The summed E-state index contributed by atoms with van der Waals surface area (Å²) in [7, 11) is 0. The van der Waals surface area contributed by atoms with E-state index in [0.717, 1.165) is 38.5 Å². The Bertz CT molecular complexity index is 882. The number of carbonyl (C=O) groups excluding carboxylic acids is 2. The van der Waals surface area contributed by atoms with Crippen molar-refractivity contribution in [3.63, 3.8) is 0 Å². The Hall–Kier alpha value is -2.49. The predicted octanol–water partition coefficient (Wildman–Crippen LogP) is 2.67. The number of halogens is 1. The maximum atomic E-state index is 12.4. The third-order valence-corrected chi connectivity index (χ3v) is 7.23. The maximum Gasteiger partial charge on any atom is 0.407 e. The van der Waals surface area contributed by atoms with Crippen LogP contribution in [0.15, 0.2) is 11.0 Å². The van der Waals surface area contributed by atoms with E-state index in [1.165, 1.54) is 25.5 Å². The average Bonchev–Trinajstić information content (AvgIpc) is 3.25. The van der Waals surface area contributed by atoms with Gasteiger partial charge in [0, 0.05) is 31.1 Å². The molecule has 3 aliphatic rings. The lowest BCUT2D eigenvalue weighted by atomic mass is 9.91. The molecule has 11 heteroatoms. The number of rotatable bonds is 5. The minimum atomic E-state index is -0.437. The molecule has 0 bridgehead atoms. The van der Waals surface area contributed by atoms with Gasteiger partial charge in [0.25, 0.3) is 5.56 Å². The second kappa shape index (κ2) is 11.1. The lowest BCUT2D eigenvalue weighted by molar-refractivity contribution is 0.102. The van der Waals surface area contributed by atoms with Crippen molar-refractivity contribution in [1.82, 2.24) is 26.1 Å². The molecule has 0 unspecified atom stereocenters. The number of amides is 3. The number of alkyl carbamates (subject to hydrolysis) is 1. The van der Waals surface area contributed by atoms with Gasteiger partial charge in [-0.3, -0.25) is 4.79 Å². The van der Waals surface area contributed by atoms with Gasteiger partial charge >= 0.3 is 12.1 Å². The number of nitrogens with one attached hydrogen (secondary N) is 4. The molecule has 3 amide bonds. The van der Waals surface area contributed by atoms with E-state index in [1.54, 1.807) is 0 Å². The van der Waals surface area contributed by atoms with E-state index in [9.17, 15) is 14.4 Å². The molecule has 1 aromatic heterocycles. The van der Waals surface area contributed by atoms with Crippen LogP contribution >= 0.6 is 11.6 Å². The summed E-state index contributed by atoms with van der Waals surface area (Å²) in [6.45, 7) is 1.09. The number of H-pyrrole nitrogens is 1. The predicted molar refractivity (Wildman–Crippen MR) is 125 cm³/mol. The van der Waals surface area contributed by atoms with Crippen LogP contribution in [-0.4, -0.2) is 59.6 Å². The minimum Gasteiger partial charge on any atom is -0.444 e. The SMILES string of the molecule is O=C(NC1CCCCC1)NC1CCC(NC(=O)O[C@@H]2CCN(c3cn[nH]c(=O)c3Cl)C2)CC1. The van der Waals surface area contributed by atoms with E-state index in [2.05, 4.69) is 26.1 Å². The van der Waals surface area contributed by atoms with E-state index in [4.69, 9.17) is 16.3 Å². The number of aromatic nitrogens is 2. The van der Waals surface area contributed by atoms with Crippen LogP contribution in [0.25, 0.3) is 0 Å². The van der Waals surface area contributed by atoms with Crippen molar-refractivity contribution in [2.75, 3.05) is 18.0 Å². The van der Waals surface area contributed by atoms with Gasteiger partial charge in [-0.05, 0) is 38.5 Å². The first kappa shape index (κ1) is 23.7. The number of nitrogens with zero attached hydrogens (tertiary/aromatic N) is 2. The Morgan fingerprint density at radius 3 is 2.30 bits per heavy atom. The first-order chi connectivity index (χ1) is 16.0. The molecule has 1 aromatic rings. The van der Waals surface area contributed by atoms with E-state index >= 15 is 0 Å². The Morgan fingerprint density at radius 1 is 0.970 bits per heavy atom. The van der Waals surface area contributed by atoms with Crippen molar-refractivity contribution < 1.29 is 14.3 Å². The number of aromatic amines is 1. The van der Waals surface area contributed by atoms with Crippen molar-refractivity contribution in [3.05, 3.63) is 21.6 Å². The largest absolute Gasteiger partial charge is 0.444 e. The summed E-state index contributed by atoms with van der Waals surface area (Å²) >= 11 is 6.07. The van der Waals surface area contributed by atoms with E-state index in [1.807, 2.05) is 4.90 Å². The quantitative estimate of drug-likeness (QED) is 0.513. The Balaban J connectivity index is 1.14. The van der Waals surface area contributed by atoms with Crippen LogP contribution in [0.5, 0.6) is 0 Å². The van der Waals surface area contributed by atoms with Gasteiger partial charge in [-0.25, -0.2) is 14.7 Å². The normalized spacial score (nSPS) is 26.0. The molecule has 33 heavy (non-hydrogen) atoms. The van der Waals surface area contributed by atoms with E-state index in [0.29, 0.717) is 31.2 Å². The zero-order valence-electron chi connectivity index (χ0n) is 18.8. The number of ether oxygens (including phenoxy) is 1. The van der Waals surface area contributed by atoms with Crippen molar-refractivity contribution in [1.29, 1.82) is 0 Å². The van der Waals surface area contributed by atoms with Gasteiger partial charge in [0.2, 0.25) is 0 Å². The van der Waals surface area contributed by atoms with Crippen molar-refractivity contribution in [2.24, 2.45) is 0 Å². The molecule has 1 saturated heterocycles. The second-order valence-corrected chi connectivity index (χ2v) is 9.68. The summed E-state index contributed by atoms with van der Waals surface area (Å²) < 4.78 is 5.59. The monoisotopic (exact) mass is 480 g/mol. The maximum absolute atomic E-state index is 12.4. The number of carbonyl (C=O) groups is 2. The van der Waals surface area contributed by atoms with Crippen LogP contribution in [0.3, 0.4) is 0 Å². The molecule has 182 valence electrons. The number of hydrogen-bond acceptors (Lipinski definition) is 6. The molecule has 10 nitrogen and oxygen atoms in total.